The fraction of sp³-hybridized carbons (Fsp3) is 0.296. The van der Waals surface area contributed by atoms with Gasteiger partial charge in [-0.15, -0.1) is 0 Å². The van der Waals surface area contributed by atoms with Crippen molar-refractivity contribution < 1.29 is 27.6 Å². The average molecular weight is 541 g/mol. The van der Waals surface area contributed by atoms with Crippen LogP contribution in [-0.2, 0) is 17.7 Å². The van der Waals surface area contributed by atoms with Crippen LogP contribution in [0.15, 0.2) is 54.7 Å². The Kier molecular flexibility index (Phi) is 6.92. The number of nitrogens with zero attached hydrogens (tertiary/aromatic N) is 4. The molecule has 5 rings (SSSR count). The van der Waals surface area contributed by atoms with E-state index in [1.807, 2.05) is 28.8 Å². The largest absolute Gasteiger partial charge is 0.477 e. The normalized spacial score (nSPS) is 13.7. The predicted octanol–water partition coefficient (Wildman–Crippen LogP) is 5.34. The van der Waals surface area contributed by atoms with Crippen LogP contribution in [0.4, 0.5) is 8.78 Å². The van der Waals surface area contributed by atoms with Crippen LogP contribution >= 0.6 is 7.14 Å². The highest BCUT2D eigenvalue weighted by Crippen LogP contribution is 2.35. The van der Waals surface area contributed by atoms with Gasteiger partial charge in [-0.2, -0.15) is 8.78 Å². The lowest BCUT2D eigenvalue weighted by molar-refractivity contribution is -0.0505. The summed E-state index contributed by atoms with van der Waals surface area (Å²) in [4.78, 5) is 23.7. The molecule has 11 heteroatoms. The molecule has 38 heavy (non-hydrogen) atoms. The van der Waals surface area contributed by atoms with Crippen molar-refractivity contribution in [3.63, 3.8) is 0 Å². The van der Waals surface area contributed by atoms with Gasteiger partial charge in [0.05, 0.1) is 37.9 Å². The van der Waals surface area contributed by atoms with Crippen LogP contribution < -0.4 is 9.47 Å². The van der Waals surface area contributed by atoms with E-state index in [0.717, 1.165) is 22.2 Å². The second-order valence-electron chi connectivity index (χ2n) is 9.67. The van der Waals surface area contributed by atoms with E-state index in [9.17, 15) is 18.1 Å². The summed E-state index contributed by atoms with van der Waals surface area (Å²) in [5.74, 6) is 0.769. The maximum atomic E-state index is 13.2. The fourth-order valence-electron chi connectivity index (χ4n) is 4.44. The Morgan fingerprint density at radius 3 is 2.58 bits per heavy atom. The number of amides is 1. The SMILES string of the molecule is CN1Cc2nc3ccc(-c4ccc(OCCP(C)(C)=O)nc4)cc3n2Cc2c(OC(F)F)cccc2C1=O. The Morgan fingerprint density at radius 1 is 1.08 bits per heavy atom. The second-order valence-corrected chi connectivity index (χ2v) is 13.3. The van der Waals surface area contributed by atoms with Crippen molar-refractivity contribution in [1.29, 1.82) is 0 Å². The predicted molar refractivity (Wildman–Crippen MR) is 141 cm³/mol. The van der Waals surface area contributed by atoms with Gasteiger partial charge in [0, 0.05) is 42.2 Å². The number of aromatic nitrogens is 3. The van der Waals surface area contributed by atoms with Crippen molar-refractivity contribution in [2.24, 2.45) is 0 Å². The first kappa shape index (κ1) is 25.9. The first-order chi connectivity index (χ1) is 18.1. The third-order valence-electron chi connectivity index (χ3n) is 6.40. The van der Waals surface area contributed by atoms with Crippen LogP contribution in [0, 0.1) is 0 Å². The van der Waals surface area contributed by atoms with E-state index in [2.05, 4.69) is 4.98 Å². The van der Waals surface area contributed by atoms with Gasteiger partial charge >= 0.3 is 6.61 Å². The highest BCUT2D eigenvalue weighted by atomic mass is 31.2. The molecule has 0 fully saturated rings. The van der Waals surface area contributed by atoms with E-state index in [1.54, 1.807) is 44.8 Å². The number of benzene rings is 2. The van der Waals surface area contributed by atoms with Crippen molar-refractivity contribution in [2.45, 2.75) is 19.7 Å². The zero-order chi connectivity index (χ0) is 27.0. The number of halogens is 2. The molecule has 0 atom stereocenters. The van der Waals surface area contributed by atoms with Gasteiger partial charge < -0.3 is 23.5 Å². The van der Waals surface area contributed by atoms with Crippen molar-refractivity contribution in [2.75, 3.05) is 33.1 Å². The Hall–Kier alpha value is -3.78. The minimum atomic E-state index is -3.02. The first-order valence-corrected chi connectivity index (χ1v) is 14.8. The summed E-state index contributed by atoms with van der Waals surface area (Å²) in [5, 5.41) is 0. The molecule has 0 spiro atoms. The van der Waals surface area contributed by atoms with Crippen LogP contribution in [0.1, 0.15) is 21.7 Å². The summed E-state index contributed by atoms with van der Waals surface area (Å²) in [6.45, 7) is 1.18. The Balaban J connectivity index is 1.51. The third-order valence-corrected chi connectivity index (χ3v) is 7.66. The molecule has 1 amide bonds. The third kappa shape index (κ3) is 5.41. The van der Waals surface area contributed by atoms with Gasteiger partial charge in [0.15, 0.2) is 0 Å². The number of alkyl halides is 2. The van der Waals surface area contributed by atoms with Gasteiger partial charge in [0.25, 0.3) is 5.91 Å². The van der Waals surface area contributed by atoms with E-state index < -0.39 is 13.8 Å². The number of ether oxygens (including phenoxy) is 2. The minimum Gasteiger partial charge on any atom is -0.477 e. The summed E-state index contributed by atoms with van der Waals surface area (Å²) in [6.07, 6.45) is 2.18. The van der Waals surface area contributed by atoms with E-state index in [1.165, 1.54) is 11.0 Å². The molecular weight excluding hydrogens is 513 g/mol. The molecule has 0 unspecified atom stereocenters. The van der Waals surface area contributed by atoms with Gasteiger partial charge in [-0.25, -0.2) is 9.97 Å². The molecule has 0 N–H and O–H groups in total. The zero-order valence-electron chi connectivity index (χ0n) is 21.2. The summed E-state index contributed by atoms with van der Waals surface area (Å²) < 4.78 is 50.5. The number of pyridine rings is 1. The fourth-order valence-corrected chi connectivity index (χ4v) is 4.97. The molecule has 0 saturated heterocycles. The summed E-state index contributed by atoms with van der Waals surface area (Å²) in [5.41, 5.74) is 3.94. The van der Waals surface area contributed by atoms with Gasteiger partial charge in [-0.05, 0) is 49.2 Å². The first-order valence-electron chi connectivity index (χ1n) is 12.0. The molecule has 1 aliphatic heterocycles. The number of rotatable bonds is 7. The quantitative estimate of drug-likeness (QED) is 0.295. The number of carbonyl (C=O) groups is 1. The number of hydrogen-bond acceptors (Lipinski definition) is 6. The molecule has 2 aromatic heterocycles. The second kappa shape index (κ2) is 10.2. The monoisotopic (exact) mass is 540 g/mol. The Bertz CT molecular complexity index is 1550. The van der Waals surface area contributed by atoms with Crippen LogP contribution in [0.3, 0.4) is 0 Å². The van der Waals surface area contributed by atoms with Crippen LogP contribution in [0.2, 0.25) is 0 Å². The smallest absolute Gasteiger partial charge is 0.387 e. The highest BCUT2D eigenvalue weighted by molar-refractivity contribution is 7.62. The molecule has 4 aromatic rings. The maximum Gasteiger partial charge on any atom is 0.387 e. The van der Waals surface area contributed by atoms with E-state index >= 15 is 0 Å². The molecule has 0 saturated carbocycles. The molecule has 0 aliphatic carbocycles. The summed E-state index contributed by atoms with van der Waals surface area (Å²) >= 11 is 0. The molecule has 0 bridgehead atoms. The topological polar surface area (TPSA) is 86.6 Å². The average Bonchev–Trinajstić information content (AvgIpc) is 3.19. The van der Waals surface area contributed by atoms with E-state index in [0.29, 0.717) is 35.6 Å². The molecule has 0 radical (unpaired) electrons. The number of hydrogen-bond donors (Lipinski definition) is 0. The zero-order valence-corrected chi connectivity index (χ0v) is 22.1. The molecule has 8 nitrogen and oxygen atoms in total. The molecule has 3 heterocycles. The van der Waals surface area contributed by atoms with Crippen molar-refractivity contribution in [3.8, 4) is 22.8 Å². The van der Waals surface area contributed by atoms with E-state index in [4.69, 9.17) is 14.5 Å². The van der Waals surface area contributed by atoms with Crippen molar-refractivity contribution >= 4 is 24.1 Å². The number of imidazole rings is 1. The molecule has 1 aliphatic rings. The highest BCUT2D eigenvalue weighted by Gasteiger charge is 2.26. The van der Waals surface area contributed by atoms with Gasteiger partial charge in [0.2, 0.25) is 5.88 Å². The molecular formula is C27H27F2N4O4P. The Morgan fingerprint density at radius 2 is 1.87 bits per heavy atom. The lowest BCUT2D eigenvalue weighted by Crippen LogP contribution is -2.31. The Labute approximate surface area is 218 Å². The standard InChI is InChI=1S/C27H27F2N4O4P/c1-32-16-24-31-21-9-7-17(18-8-10-25(30-14-18)36-11-12-38(2,3)35)13-22(21)33(24)15-20-19(26(32)34)5-4-6-23(20)37-27(28)29/h4-10,13-14,27H,11-12,15-16H2,1-3H3. The van der Waals surface area contributed by atoms with Crippen molar-refractivity contribution in [1.82, 2.24) is 19.4 Å². The minimum absolute atomic E-state index is 0.0348. The lowest BCUT2D eigenvalue weighted by atomic mass is 10.0. The number of carbonyl (C=O) groups excluding carboxylic acids is 1. The van der Waals surface area contributed by atoms with Crippen LogP contribution in [-0.4, -0.2) is 65.1 Å². The van der Waals surface area contributed by atoms with Crippen LogP contribution in [0.25, 0.3) is 22.2 Å². The maximum absolute atomic E-state index is 13.2. The van der Waals surface area contributed by atoms with E-state index in [-0.39, 0.29) is 24.7 Å². The summed E-state index contributed by atoms with van der Waals surface area (Å²) in [6, 6.07) is 14.0. The number of fused-ring (bicyclic) bond motifs is 4. The summed E-state index contributed by atoms with van der Waals surface area (Å²) in [7, 11) is -0.504. The van der Waals surface area contributed by atoms with Gasteiger partial charge in [-0.3, -0.25) is 4.79 Å². The van der Waals surface area contributed by atoms with Gasteiger partial charge in [0.1, 0.15) is 11.6 Å². The lowest BCUT2D eigenvalue weighted by Gasteiger charge is -2.25. The molecule has 198 valence electrons. The van der Waals surface area contributed by atoms with Crippen LogP contribution in [0.5, 0.6) is 11.6 Å². The van der Waals surface area contributed by atoms with Gasteiger partial charge in [-0.1, -0.05) is 12.1 Å². The van der Waals surface area contributed by atoms with Crippen molar-refractivity contribution in [3.05, 3.63) is 71.7 Å². The molecule has 2 aromatic carbocycles.